The van der Waals surface area contributed by atoms with Gasteiger partial charge < -0.3 is 0 Å². The number of aryl methyl sites for hydroxylation is 2. The van der Waals surface area contributed by atoms with E-state index >= 15 is 0 Å². The maximum absolute atomic E-state index is 12.5. The van der Waals surface area contributed by atoms with E-state index in [0.717, 1.165) is 21.2 Å². The second kappa shape index (κ2) is 6.30. The lowest BCUT2D eigenvalue weighted by molar-refractivity contribution is 0.566. The molecule has 5 heteroatoms. The SMILES string of the molecule is Cc1ccc(S(=O)(=O)N[C@@H](C)c2ccccc2Br)cc1C. The van der Waals surface area contributed by atoms with Gasteiger partial charge in [-0.25, -0.2) is 13.1 Å². The van der Waals surface area contributed by atoms with Crippen molar-refractivity contribution in [1.82, 2.24) is 4.72 Å². The summed E-state index contributed by atoms with van der Waals surface area (Å²) in [5.74, 6) is 0. The van der Waals surface area contributed by atoms with E-state index in [1.165, 1.54) is 0 Å². The highest BCUT2D eigenvalue weighted by Crippen LogP contribution is 2.24. The minimum atomic E-state index is -3.53. The van der Waals surface area contributed by atoms with Crippen LogP contribution in [0.3, 0.4) is 0 Å². The summed E-state index contributed by atoms with van der Waals surface area (Å²) in [4.78, 5) is 0.296. The number of nitrogens with one attached hydrogen (secondary N) is 1. The average Bonchev–Trinajstić information content (AvgIpc) is 2.41. The minimum Gasteiger partial charge on any atom is -0.207 e. The summed E-state index contributed by atoms with van der Waals surface area (Å²) >= 11 is 3.45. The number of halogens is 1. The van der Waals surface area contributed by atoms with Crippen molar-refractivity contribution in [2.75, 3.05) is 0 Å². The van der Waals surface area contributed by atoms with Gasteiger partial charge in [-0.2, -0.15) is 0 Å². The number of rotatable bonds is 4. The molecule has 0 saturated carbocycles. The average molecular weight is 368 g/mol. The molecule has 0 saturated heterocycles. The Morgan fingerprint density at radius 1 is 1.05 bits per heavy atom. The van der Waals surface area contributed by atoms with Crippen LogP contribution in [-0.4, -0.2) is 8.42 Å². The first-order valence-corrected chi connectivity index (χ1v) is 8.93. The molecule has 0 aliphatic rings. The van der Waals surface area contributed by atoms with E-state index in [1.54, 1.807) is 12.1 Å². The lowest BCUT2D eigenvalue weighted by atomic mass is 10.1. The van der Waals surface area contributed by atoms with Crippen molar-refractivity contribution in [3.63, 3.8) is 0 Å². The van der Waals surface area contributed by atoms with Gasteiger partial charge in [0.15, 0.2) is 0 Å². The van der Waals surface area contributed by atoms with Crippen LogP contribution in [0, 0.1) is 13.8 Å². The van der Waals surface area contributed by atoms with E-state index in [1.807, 2.05) is 51.1 Å². The molecule has 112 valence electrons. The topological polar surface area (TPSA) is 46.2 Å². The number of benzene rings is 2. The van der Waals surface area contributed by atoms with Crippen LogP contribution in [0.1, 0.15) is 29.7 Å². The molecule has 3 nitrogen and oxygen atoms in total. The van der Waals surface area contributed by atoms with Gasteiger partial charge in [0.1, 0.15) is 0 Å². The first-order chi connectivity index (χ1) is 9.81. The van der Waals surface area contributed by atoms with Gasteiger partial charge in [-0.15, -0.1) is 0 Å². The van der Waals surface area contributed by atoms with Gasteiger partial charge in [-0.1, -0.05) is 40.2 Å². The molecule has 0 aromatic heterocycles. The quantitative estimate of drug-likeness (QED) is 0.883. The maximum Gasteiger partial charge on any atom is 0.241 e. The Morgan fingerprint density at radius 3 is 2.33 bits per heavy atom. The van der Waals surface area contributed by atoms with E-state index in [-0.39, 0.29) is 6.04 Å². The van der Waals surface area contributed by atoms with E-state index in [9.17, 15) is 8.42 Å². The third-order valence-electron chi connectivity index (χ3n) is 3.49. The molecule has 2 aromatic carbocycles. The number of sulfonamides is 1. The van der Waals surface area contributed by atoms with E-state index in [0.29, 0.717) is 4.90 Å². The maximum atomic E-state index is 12.5. The summed E-state index contributed by atoms with van der Waals surface area (Å²) < 4.78 is 28.5. The summed E-state index contributed by atoms with van der Waals surface area (Å²) in [7, 11) is -3.53. The highest BCUT2D eigenvalue weighted by Gasteiger charge is 2.19. The van der Waals surface area contributed by atoms with Crippen LogP contribution in [-0.2, 0) is 10.0 Å². The second-order valence-electron chi connectivity index (χ2n) is 5.11. The van der Waals surface area contributed by atoms with Crippen molar-refractivity contribution >= 4 is 26.0 Å². The first kappa shape index (κ1) is 16.2. The van der Waals surface area contributed by atoms with Crippen molar-refractivity contribution in [3.05, 3.63) is 63.6 Å². The summed E-state index contributed by atoms with van der Waals surface area (Å²) in [6, 6.07) is 12.4. The zero-order valence-corrected chi connectivity index (χ0v) is 14.6. The van der Waals surface area contributed by atoms with Gasteiger partial charge in [-0.3, -0.25) is 0 Å². The van der Waals surface area contributed by atoms with Crippen molar-refractivity contribution in [3.8, 4) is 0 Å². The fourth-order valence-corrected chi connectivity index (χ4v) is 4.01. The molecule has 0 radical (unpaired) electrons. The Balaban J connectivity index is 2.29. The van der Waals surface area contributed by atoms with E-state index in [4.69, 9.17) is 0 Å². The van der Waals surface area contributed by atoms with Crippen molar-refractivity contribution in [2.45, 2.75) is 31.7 Å². The summed E-state index contributed by atoms with van der Waals surface area (Å²) in [6.07, 6.45) is 0. The smallest absolute Gasteiger partial charge is 0.207 e. The van der Waals surface area contributed by atoms with Crippen LogP contribution in [0.5, 0.6) is 0 Å². The Bertz CT molecular complexity index is 757. The van der Waals surface area contributed by atoms with Crippen LogP contribution >= 0.6 is 15.9 Å². The predicted octanol–water partition coefficient (Wildman–Crippen LogP) is 4.11. The van der Waals surface area contributed by atoms with Crippen molar-refractivity contribution < 1.29 is 8.42 Å². The first-order valence-electron chi connectivity index (χ1n) is 6.65. The third-order valence-corrected chi connectivity index (χ3v) is 5.75. The third kappa shape index (κ3) is 3.73. The predicted molar refractivity (Wildman–Crippen MR) is 88.8 cm³/mol. The summed E-state index contributed by atoms with van der Waals surface area (Å²) in [5, 5.41) is 0. The highest BCUT2D eigenvalue weighted by molar-refractivity contribution is 9.10. The van der Waals surface area contributed by atoms with Gasteiger partial charge in [0.05, 0.1) is 4.90 Å². The van der Waals surface area contributed by atoms with Gasteiger partial charge >= 0.3 is 0 Å². The van der Waals surface area contributed by atoms with Gasteiger partial charge in [0.25, 0.3) is 0 Å². The van der Waals surface area contributed by atoms with Gasteiger partial charge in [0, 0.05) is 10.5 Å². The molecule has 0 aliphatic carbocycles. The number of hydrogen-bond acceptors (Lipinski definition) is 2. The summed E-state index contributed by atoms with van der Waals surface area (Å²) in [5.41, 5.74) is 2.95. The Labute approximate surface area is 134 Å². The Morgan fingerprint density at radius 2 is 1.71 bits per heavy atom. The molecule has 21 heavy (non-hydrogen) atoms. The molecular formula is C16H18BrNO2S. The van der Waals surface area contributed by atoms with Crippen LogP contribution in [0.15, 0.2) is 51.8 Å². The molecule has 2 aromatic rings. The fourth-order valence-electron chi connectivity index (χ4n) is 2.07. The minimum absolute atomic E-state index is 0.296. The van der Waals surface area contributed by atoms with Crippen molar-refractivity contribution in [2.24, 2.45) is 0 Å². The van der Waals surface area contributed by atoms with E-state index < -0.39 is 10.0 Å². The largest absolute Gasteiger partial charge is 0.241 e. The molecule has 0 amide bonds. The zero-order chi connectivity index (χ0) is 15.6. The molecule has 0 spiro atoms. The molecule has 0 unspecified atom stereocenters. The molecular weight excluding hydrogens is 350 g/mol. The van der Waals surface area contributed by atoms with E-state index in [2.05, 4.69) is 20.7 Å². The van der Waals surface area contributed by atoms with Crippen LogP contribution in [0.4, 0.5) is 0 Å². The molecule has 1 atom stereocenters. The molecule has 0 fully saturated rings. The van der Waals surface area contributed by atoms with Crippen molar-refractivity contribution in [1.29, 1.82) is 0 Å². The standard InChI is InChI=1S/C16H18BrNO2S/c1-11-8-9-14(10-12(11)2)21(19,20)18-13(3)15-6-4-5-7-16(15)17/h4-10,13,18H,1-3H3/t13-/m0/s1. The summed E-state index contributed by atoms with van der Waals surface area (Å²) in [6.45, 7) is 5.70. The van der Waals surface area contributed by atoms with Crippen LogP contribution in [0.2, 0.25) is 0 Å². The normalized spacial score (nSPS) is 13.1. The highest BCUT2D eigenvalue weighted by atomic mass is 79.9. The zero-order valence-electron chi connectivity index (χ0n) is 12.2. The van der Waals surface area contributed by atoms with Gasteiger partial charge in [-0.05, 0) is 55.7 Å². The molecule has 0 heterocycles. The fraction of sp³-hybridized carbons (Fsp3) is 0.250. The Hall–Kier alpha value is -1.17. The van der Waals surface area contributed by atoms with Crippen LogP contribution < -0.4 is 4.72 Å². The molecule has 0 bridgehead atoms. The Kier molecular flexibility index (Phi) is 4.86. The molecule has 0 aliphatic heterocycles. The van der Waals surface area contributed by atoms with Crippen LogP contribution in [0.25, 0.3) is 0 Å². The molecule has 1 N–H and O–H groups in total. The number of hydrogen-bond donors (Lipinski definition) is 1. The lowest BCUT2D eigenvalue weighted by Gasteiger charge is -2.16. The lowest BCUT2D eigenvalue weighted by Crippen LogP contribution is -2.27. The monoisotopic (exact) mass is 367 g/mol. The van der Waals surface area contributed by atoms with Gasteiger partial charge in [0.2, 0.25) is 10.0 Å². The second-order valence-corrected chi connectivity index (χ2v) is 7.68. The molecule has 2 rings (SSSR count).